The molecule has 1 aliphatic rings. The average molecular weight is 357 g/mol. The Balaban J connectivity index is 2.12. The molecule has 1 atom stereocenters. The van der Waals surface area contributed by atoms with Crippen LogP contribution in [0.25, 0.3) is 0 Å². The molecule has 5 nitrogen and oxygen atoms in total. The lowest BCUT2D eigenvalue weighted by Crippen LogP contribution is -2.37. The fourth-order valence-electron chi connectivity index (χ4n) is 3.51. The molecule has 1 aliphatic heterocycles. The van der Waals surface area contributed by atoms with Crippen LogP contribution < -0.4 is 21.5 Å². The van der Waals surface area contributed by atoms with Crippen LogP contribution in [0.5, 0.6) is 0 Å². The third-order valence-corrected chi connectivity index (χ3v) is 4.96. The van der Waals surface area contributed by atoms with Crippen molar-refractivity contribution >= 4 is 49.9 Å². The Morgan fingerprint density at radius 2 is 2.16 bits per heavy atom. The normalized spacial score (nSPS) is 14.6. The number of methoxy groups -OCH3 is 1. The molecule has 2 heterocycles. The van der Waals surface area contributed by atoms with Gasteiger partial charge in [0.05, 0.1) is 23.4 Å². The topological polar surface area (TPSA) is 47.4 Å². The number of halogens is 1. The van der Waals surface area contributed by atoms with E-state index in [1.165, 1.54) is 5.56 Å². The molecule has 130 valence electrons. The average Bonchev–Trinajstić information content (AvgIpc) is 2.98. The molecule has 0 fully saturated rings. The minimum Gasteiger partial charge on any atom is -0.383 e. The predicted molar refractivity (Wildman–Crippen MR) is 108 cm³/mol. The Hall–Kier alpha value is -1.72. The summed E-state index contributed by atoms with van der Waals surface area (Å²) >= 11 is 6.49. The first-order chi connectivity index (χ1) is 12.0. The molecular formula is C17H22B2ClN3O2. The Labute approximate surface area is 154 Å². The van der Waals surface area contributed by atoms with Crippen molar-refractivity contribution in [1.29, 1.82) is 0 Å². The summed E-state index contributed by atoms with van der Waals surface area (Å²) in [5.41, 5.74) is 3.92. The van der Waals surface area contributed by atoms with Gasteiger partial charge in [-0.15, -0.1) is 0 Å². The van der Waals surface area contributed by atoms with Crippen LogP contribution >= 0.6 is 11.6 Å². The maximum atomic E-state index is 13.1. The molecule has 0 amide bonds. The molecule has 3 rings (SSSR count). The maximum absolute atomic E-state index is 13.1. The highest BCUT2D eigenvalue weighted by Crippen LogP contribution is 2.37. The Morgan fingerprint density at radius 1 is 1.40 bits per heavy atom. The quantitative estimate of drug-likeness (QED) is 0.690. The third-order valence-electron chi connectivity index (χ3n) is 4.67. The van der Waals surface area contributed by atoms with Gasteiger partial charge in [0.2, 0.25) is 0 Å². The van der Waals surface area contributed by atoms with Crippen molar-refractivity contribution in [1.82, 2.24) is 9.55 Å². The van der Waals surface area contributed by atoms with Crippen LogP contribution in [0.2, 0.25) is 5.02 Å². The van der Waals surface area contributed by atoms with Gasteiger partial charge in [0.1, 0.15) is 7.85 Å². The number of hydrogen-bond acceptors (Lipinski definition) is 4. The van der Waals surface area contributed by atoms with Gasteiger partial charge >= 0.3 is 0 Å². The number of hydrogen-bond donors (Lipinski definition) is 0. The van der Waals surface area contributed by atoms with Crippen LogP contribution in [0.4, 0.5) is 11.5 Å². The van der Waals surface area contributed by atoms with Gasteiger partial charge in [-0.3, -0.25) is 4.79 Å². The number of benzene rings is 1. The minimum absolute atomic E-state index is 0.00601. The van der Waals surface area contributed by atoms with E-state index < -0.39 is 0 Å². The van der Waals surface area contributed by atoms with Crippen molar-refractivity contribution in [3.63, 3.8) is 0 Å². The lowest BCUT2D eigenvalue weighted by Gasteiger charge is -2.23. The molecule has 0 aliphatic carbocycles. The minimum atomic E-state index is -0.0982. The summed E-state index contributed by atoms with van der Waals surface area (Å²) in [7, 11) is 5.59. The van der Waals surface area contributed by atoms with Gasteiger partial charge in [0.25, 0.3) is 5.56 Å². The number of nitrogens with zero attached hydrogens (tertiary/aromatic N) is 3. The number of aromatic nitrogens is 2. The molecule has 0 spiro atoms. The molecule has 0 saturated heterocycles. The zero-order chi connectivity index (χ0) is 18.1. The van der Waals surface area contributed by atoms with E-state index in [-0.39, 0.29) is 11.6 Å². The van der Waals surface area contributed by atoms with Crippen LogP contribution in [0.15, 0.2) is 23.1 Å². The summed E-state index contributed by atoms with van der Waals surface area (Å²) < 4.78 is 7.03. The molecule has 1 aromatic heterocycles. The SMILES string of the molecule is Bc1cc(Cl)c2c(c1)CCN2c1nc(B)cn([C@H](CC)COC)c1=O. The summed E-state index contributed by atoms with van der Waals surface area (Å²) in [6, 6.07) is 4.07. The van der Waals surface area contributed by atoms with Gasteiger partial charge in [0.15, 0.2) is 13.7 Å². The van der Waals surface area contributed by atoms with Gasteiger partial charge in [-0.25, -0.2) is 4.98 Å². The molecule has 0 unspecified atom stereocenters. The van der Waals surface area contributed by atoms with E-state index in [2.05, 4.69) is 18.0 Å². The summed E-state index contributed by atoms with van der Waals surface area (Å²) in [6.07, 6.45) is 3.49. The van der Waals surface area contributed by atoms with Gasteiger partial charge in [-0.2, -0.15) is 0 Å². The standard InChI is InChI=1S/C17H22B2ClN3O2/c1-3-12(9-25-2)23-8-14(19)21-16(17(23)24)22-5-4-10-6-11(18)7-13(20)15(10)22/h6-8,12H,3-5,9,18-19H2,1-2H3/t12-/m1/s1. The first-order valence-corrected chi connectivity index (χ1v) is 8.99. The predicted octanol–water partition coefficient (Wildman–Crippen LogP) is -0.295. The second-order valence-electron chi connectivity index (χ2n) is 6.59. The molecular weight excluding hydrogens is 335 g/mol. The smallest absolute Gasteiger partial charge is 0.294 e. The van der Waals surface area contributed by atoms with Crippen LogP contribution in [0.3, 0.4) is 0 Å². The lowest BCUT2D eigenvalue weighted by molar-refractivity contribution is 0.151. The summed E-state index contributed by atoms with van der Waals surface area (Å²) in [4.78, 5) is 19.6. The fourth-order valence-corrected chi connectivity index (χ4v) is 3.90. The third kappa shape index (κ3) is 3.35. The highest BCUT2D eigenvalue weighted by Gasteiger charge is 2.28. The van der Waals surface area contributed by atoms with Crippen LogP contribution in [-0.4, -0.2) is 45.5 Å². The van der Waals surface area contributed by atoms with Gasteiger partial charge in [0, 0.05) is 25.4 Å². The summed E-state index contributed by atoms with van der Waals surface area (Å²) in [6.45, 7) is 3.26. The van der Waals surface area contributed by atoms with Gasteiger partial charge < -0.3 is 14.2 Å². The van der Waals surface area contributed by atoms with Crippen molar-refractivity contribution in [2.75, 3.05) is 25.2 Å². The van der Waals surface area contributed by atoms with Crippen molar-refractivity contribution in [3.05, 3.63) is 39.3 Å². The van der Waals surface area contributed by atoms with Crippen LogP contribution in [0, 0.1) is 0 Å². The largest absolute Gasteiger partial charge is 0.383 e. The van der Waals surface area contributed by atoms with Crippen molar-refractivity contribution in [2.24, 2.45) is 0 Å². The second-order valence-corrected chi connectivity index (χ2v) is 7.00. The summed E-state index contributed by atoms with van der Waals surface area (Å²) in [5.74, 6) is 0.444. The molecule has 25 heavy (non-hydrogen) atoms. The Morgan fingerprint density at radius 3 is 2.84 bits per heavy atom. The number of ether oxygens (including phenoxy) is 1. The number of anilines is 2. The maximum Gasteiger partial charge on any atom is 0.294 e. The molecule has 0 bridgehead atoms. The first-order valence-electron chi connectivity index (χ1n) is 8.61. The zero-order valence-electron chi connectivity index (χ0n) is 15.2. The Bertz CT molecular complexity index is 857. The molecule has 1 aromatic carbocycles. The second kappa shape index (κ2) is 7.26. The van der Waals surface area contributed by atoms with Gasteiger partial charge in [-0.05, 0) is 24.5 Å². The van der Waals surface area contributed by atoms with E-state index in [1.807, 2.05) is 32.9 Å². The van der Waals surface area contributed by atoms with Crippen LogP contribution in [-0.2, 0) is 11.2 Å². The van der Waals surface area contributed by atoms with Crippen molar-refractivity contribution < 1.29 is 4.74 Å². The number of fused-ring (bicyclic) bond motifs is 1. The van der Waals surface area contributed by atoms with Gasteiger partial charge in [-0.1, -0.05) is 30.1 Å². The molecule has 2 aromatic rings. The van der Waals surface area contributed by atoms with Crippen LogP contribution in [0.1, 0.15) is 24.9 Å². The highest BCUT2D eigenvalue weighted by molar-refractivity contribution is 6.38. The molecule has 8 heteroatoms. The molecule has 0 radical (unpaired) electrons. The zero-order valence-corrected chi connectivity index (χ0v) is 15.9. The van der Waals surface area contributed by atoms with E-state index in [0.717, 1.165) is 29.6 Å². The first kappa shape index (κ1) is 18.1. The monoisotopic (exact) mass is 357 g/mol. The summed E-state index contributed by atoms with van der Waals surface area (Å²) in [5, 5.41) is 0.672. The van der Waals surface area contributed by atoms with Crippen molar-refractivity contribution in [3.8, 4) is 0 Å². The van der Waals surface area contributed by atoms with E-state index in [1.54, 1.807) is 11.7 Å². The van der Waals surface area contributed by atoms with E-state index in [0.29, 0.717) is 24.0 Å². The van der Waals surface area contributed by atoms with E-state index in [4.69, 9.17) is 16.3 Å². The van der Waals surface area contributed by atoms with E-state index in [9.17, 15) is 4.79 Å². The fraction of sp³-hybridized carbons (Fsp3) is 0.412. The number of rotatable bonds is 5. The van der Waals surface area contributed by atoms with E-state index >= 15 is 0 Å². The Kier molecular flexibility index (Phi) is 5.25. The lowest BCUT2D eigenvalue weighted by atomic mass is 9.93. The highest BCUT2D eigenvalue weighted by atomic mass is 35.5. The van der Waals surface area contributed by atoms with Crippen molar-refractivity contribution in [2.45, 2.75) is 25.8 Å². The molecule has 0 N–H and O–H groups in total. The molecule has 0 saturated carbocycles.